The van der Waals surface area contributed by atoms with Crippen LogP contribution in [0.3, 0.4) is 0 Å². The molecule has 0 radical (unpaired) electrons. The highest BCUT2D eigenvalue weighted by atomic mass is 32.1. The van der Waals surface area contributed by atoms with E-state index in [0.717, 1.165) is 11.5 Å². The van der Waals surface area contributed by atoms with Crippen LogP contribution in [0.4, 0.5) is 4.39 Å². The number of aliphatic hydroxyl groups excluding tert-OH is 1. The third-order valence-electron chi connectivity index (χ3n) is 2.91. The SMILES string of the molecule is Cc1cn([C@@H](OC(O)COP(=O)(O)OP(=O)(O)OP(=O)(O)O)[C@@H](C)F)c(=S)[nH]c1=S. The number of hydrogen-bond donors (Lipinski definition) is 6. The summed E-state index contributed by atoms with van der Waals surface area (Å²) in [6.07, 6.45) is -4.04. The Kier molecular flexibility index (Phi) is 9.83. The molecule has 20 heteroatoms. The van der Waals surface area contributed by atoms with Crippen molar-refractivity contribution >= 4 is 47.9 Å². The van der Waals surface area contributed by atoms with Gasteiger partial charge in [0, 0.05) is 11.8 Å². The zero-order chi connectivity index (χ0) is 23.5. The van der Waals surface area contributed by atoms with Crippen molar-refractivity contribution in [1.82, 2.24) is 9.55 Å². The van der Waals surface area contributed by atoms with Crippen LogP contribution in [-0.4, -0.2) is 53.3 Å². The van der Waals surface area contributed by atoms with Crippen molar-refractivity contribution in [2.75, 3.05) is 6.61 Å². The first-order chi connectivity index (χ1) is 13.4. The van der Waals surface area contributed by atoms with E-state index in [0.29, 0.717) is 5.56 Å². The Morgan fingerprint density at radius 2 is 1.73 bits per heavy atom. The monoisotopic (exact) mass is 534 g/mol. The van der Waals surface area contributed by atoms with E-state index in [4.69, 9.17) is 43.9 Å². The summed E-state index contributed by atoms with van der Waals surface area (Å²) in [7, 11) is -16.8. The fourth-order valence-corrected chi connectivity index (χ4v) is 5.31. The molecular formula is C10H18FN2O12P3S2. The first-order valence-electron chi connectivity index (χ1n) is 7.50. The van der Waals surface area contributed by atoms with Crippen molar-refractivity contribution in [3.63, 3.8) is 0 Å². The summed E-state index contributed by atoms with van der Waals surface area (Å²) < 4.78 is 64.9. The topological polar surface area (TPSA) is 210 Å². The Morgan fingerprint density at radius 1 is 1.17 bits per heavy atom. The minimum Gasteiger partial charge on any atom is -0.366 e. The summed E-state index contributed by atoms with van der Waals surface area (Å²) >= 11 is 10.00. The van der Waals surface area contributed by atoms with Crippen LogP contribution < -0.4 is 0 Å². The molecule has 0 amide bonds. The summed E-state index contributed by atoms with van der Waals surface area (Å²) in [5.41, 5.74) is 0.496. The second kappa shape index (κ2) is 10.6. The van der Waals surface area contributed by atoms with E-state index in [2.05, 4.69) is 18.1 Å². The lowest BCUT2D eigenvalue weighted by atomic mass is 10.3. The molecule has 1 rings (SSSR count). The van der Waals surface area contributed by atoms with E-state index in [-0.39, 0.29) is 9.41 Å². The Bertz CT molecular complexity index is 1010. The molecule has 0 saturated carbocycles. The fourth-order valence-electron chi connectivity index (χ4n) is 1.83. The molecule has 0 spiro atoms. The highest BCUT2D eigenvalue weighted by Crippen LogP contribution is 2.66. The lowest BCUT2D eigenvalue weighted by molar-refractivity contribution is -0.192. The number of alkyl halides is 1. The fraction of sp³-hybridized carbons (Fsp3) is 0.600. The molecule has 174 valence electrons. The highest BCUT2D eigenvalue weighted by Gasteiger charge is 2.41. The third kappa shape index (κ3) is 9.51. The minimum atomic E-state index is -5.72. The maximum absolute atomic E-state index is 14.0. The molecule has 0 aliphatic carbocycles. The summed E-state index contributed by atoms with van der Waals surface area (Å²) in [6, 6.07) is 0. The molecule has 0 aliphatic rings. The molecule has 0 saturated heterocycles. The zero-order valence-electron chi connectivity index (χ0n) is 15.1. The molecule has 1 heterocycles. The van der Waals surface area contributed by atoms with Gasteiger partial charge in [0.25, 0.3) is 0 Å². The number of nitrogens with one attached hydrogen (secondary N) is 1. The molecule has 0 aromatic carbocycles. The van der Waals surface area contributed by atoms with Crippen molar-refractivity contribution < 1.29 is 60.6 Å². The molecule has 5 atom stereocenters. The van der Waals surface area contributed by atoms with Crippen LogP contribution in [0.25, 0.3) is 0 Å². The molecule has 0 fully saturated rings. The standard InChI is InChI=1S/C10H18FN2O12P3S2/c1-5-3-13(10(30)12-8(5)29)9(6(2)11)23-7(14)4-22-27(18,19)25-28(20,21)24-26(15,16)17/h3,6-7,9,14H,4H2,1-2H3,(H,18,19)(H,20,21)(H,12,29,30)(H2,15,16,17)/t6-,7?,9+/m1/s1. The number of H-pyrrole nitrogens is 1. The first kappa shape index (κ1) is 27.8. The number of hydrogen-bond acceptors (Lipinski definition) is 10. The molecule has 14 nitrogen and oxygen atoms in total. The zero-order valence-corrected chi connectivity index (χ0v) is 19.4. The summed E-state index contributed by atoms with van der Waals surface area (Å²) in [4.78, 5) is 37.8. The number of aromatic nitrogens is 2. The number of aromatic amines is 1. The second-order valence-electron chi connectivity index (χ2n) is 5.52. The van der Waals surface area contributed by atoms with Crippen molar-refractivity contribution in [1.29, 1.82) is 0 Å². The second-order valence-corrected chi connectivity index (χ2v) is 10.7. The van der Waals surface area contributed by atoms with Gasteiger partial charge in [-0.1, -0.05) is 12.2 Å². The van der Waals surface area contributed by atoms with Crippen molar-refractivity contribution in [2.45, 2.75) is 32.5 Å². The van der Waals surface area contributed by atoms with Crippen molar-refractivity contribution in [3.05, 3.63) is 21.2 Å². The van der Waals surface area contributed by atoms with Gasteiger partial charge in [-0.05, 0) is 26.1 Å². The van der Waals surface area contributed by atoms with Crippen molar-refractivity contribution in [3.8, 4) is 0 Å². The maximum Gasteiger partial charge on any atom is 0.490 e. The Labute approximate surface area is 178 Å². The molecule has 1 aromatic heterocycles. The Hall–Kier alpha value is -0.220. The molecule has 1 aromatic rings. The van der Waals surface area contributed by atoms with Gasteiger partial charge in [-0.15, -0.1) is 0 Å². The van der Waals surface area contributed by atoms with Crippen LogP contribution in [0.15, 0.2) is 6.20 Å². The van der Waals surface area contributed by atoms with Crippen LogP contribution in [-0.2, 0) is 31.6 Å². The Morgan fingerprint density at radius 3 is 2.23 bits per heavy atom. The lowest BCUT2D eigenvalue weighted by Crippen LogP contribution is -2.30. The van der Waals surface area contributed by atoms with Crippen LogP contribution >= 0.6 is 47.9 Å². The van der Waals surface area contributed by atoms with Gasteiger partial charge in [0.1, 0.15) is 17.4 Å². The maximum atomic E-state index is 14.0. The smallest absolute Gasteiger partial charge is 0.366 e. The van der Waals surface area contributed by atoms with Gasteiger partial charge in [0.05, 0.1) is 0 Å². The molecule has 6 N–H and O–H groups in total. The lowest BCUT2D eigenvalue weighted by Gasteiger charge is -2.26. The number of aryl methyl sites for hydroxylation is 1. The number of rotatable bonds is 11. The van der Waals surface area contributed by atoms with E-state index < -0.39 is 48.8 Å². The average Bonchev–Trinajstić information content (AvgIpc) is 2.51. The molecular weight excluding hydrogens is 516 g/mol. The van der Waals surface area contributed by atoms with Crippen LogP contribution in [0.1, 0.15) is 18.7 Å². The summed E-state index contributed by atoms with van der Waals surface area (Å²) in [5.74, 6) is 0. The van der Waals surface area contributed by atoms with Gasteiger partial charge in [0.15, 0.2) is 17.3 Å². The normalized spacial score (nSPS) is 19.5. The number of halogens is 1. The molecule has 3 unspecified atom stereocenters. The number of aliphatic hydroxyl groups is 1. The van der Waals surface area contributed by atoms with Gasteiger partial charge < -0.3 is 34.4 Å². The summed E-state index contributed by atoms with van der Waals surface area (Å²) in [5, 5.41) is 9.83. The summed E-state index contributed by atoms with van der Waals surface area (Å²) in [6.45, 7) is 1.47. The van der Waals surface area contributed by atoms with Crippen LogP contribution in [0.2, 0.25) is 0 Å². The van der Waals surface area contributed by atoms with Gasteiger partial charge >= 0.3 is 23.5 Å². The first-order valence-corrected chi connectivity index (χ1v) is 12.8. The van der Waals surface area contributed by atoms with E-state index in [9.17, 15) is 28.1 Å². The van der Waals surface area contributed by atoms with Crippen molar-refractivity contribution in [2.24, 2.45) is 0 Å². The quantitative estimate of drug-likeness (QED) is 0.136. The molecule has 0 bridgehead atoms. The Balaban J connectivity index is 2.85. The predicted molar refractivity (Wildman–Crippen MR) is 102 cm³/mol. The van der Waals surface area contributed by atoms with Crippen LogP contribution in [0.5, 0.6) is 0 Å². The van der Waals surface area contributed by atoms with E-state index in [1.54, 1.807) is 6.92 Å². The van der Waals surface area contributed by atoms with E-state index >= 15 is 0 Å². The number of phosphoric acid groups is 3. The van der Waals surface area contributed by atoms with Gasteiger partial charge in [-0.25, -0.2) is 18.1 Å². The third-order valence-corrected chi connectivity index (χ3v) is 7.45. The van der Waals surface area contributed by atoms with Gasteiger partial charge in [0.2, 0.25) is 0 Å². The minimum absolute atomic E-state index is 0.0554. The highest BCUT2D eigenvalue weighted by molar-refractivity contribution is 7.72. The average molecular weight is 534 g/mol. The van der Waals surface area contributed by atoms with E-state index in [1.807, 2.05) is 0 Å². The predicted octanol–water partition coefficient (Wildman–Crippen LogP) is 2.12. The number of phosphoric ester groups is 1. The molecule has 30 heavy (non-hydrogen) atoms. The van der Waals surface area contributed by atoms with Gasteiger partial charge in [-0.3, -0.25) is 9.09 Å². The van der Waals surface area contributed by atoms with E-state index in [1.165, 1.54) is 6.20 Å². The van der Waals surface area contributed by atoms with Gasteiger partial charge in [-0.2, -0.15) is 8.62 Å². The number of ether oxygens (including phenoxy) is 1. The number of nitrogens with zero attached hydrogens (tertiary/aromatic N) is 1. The largest absolute Gasteiger partial charge is 0.490 e. The van der Waals surface area contributed by atoms with Crippen LogP contribution in [0, 0.1) is 16.3 Å². The molecule has 0 aliphatic heterocycles.